The number of carbonyl (C=O) groups excluding carboxylic acids is 1. The lowest BCUT2D eigenvalue weighted by atomic mass is 10.1. The summed E-state index contributed by atoms with van der Waals surface area (Å²) in [5.41, 5.74) is 2.29. The minimum atomic E-state index is -0.277. The zero-order chi connectivity index (χ0) is 18.2. The van der Waals surface area contributed by atoms with Crippen LogP contribution in [0, 0.1) is 11.3 Å². The van der Waals surface area contributed by atoms with Gasteiger partial charge in [0.1, 0.15) is 0 Å². The molecule has 0 atom stereocenters. The molecular weight excluding hydrogens is 346 g/mol. The number of nitriles is 1. The number of aromatic nitrogens is 2. The maximum Gasteiger partial charge on any atom is 0.257 e. The van der Waals surface area contributed by atoms with Gasteiger partial charge in [0.05, 0.1) is 11.6 Å². The van der Waals surface area contributed by atoms with Gasteiger partial charge >= 0.3 is 0 Å². The van der Waals surface area contributed by atoms with Gasteiger partial charge in [0, 0.05) is 12.1 Å². The van der Waals surface area contributed by atoms with E-state index in [9.17, 15) is 4.79 Å². The van der Waals surface area contributed by atoms with E-state index in [1.807, 2.05) is 24.3 Å². The number of rotatable bonds is 7. The molecule has 0 aliphatic heterocycles. The summed E-state index contributed by atoms with van der Waals surface area (Å²) in [6.07, 6.45) is 1.98. The van der Waals surface area contributed by atoms with Gasteiger partial charge in [-0.1, -0.05) is 41.7 Å². The summed E-state index contributed by atoms with van der Waals surface area (Å²) in [7, 11) is 0. The summed E-state index contributed by atoms with van der Waals surface area (Å²) in [5, 5.41) is 23.8. The smallest absolute Gasteiger partial charge is 0.257 e. The molecule has 7 heteroatoms. The van der Waals surface area contributed by atoms with E-state index in [0.29, 0.717) is 21.4 Å². The van der Waals surface area contributed by atoms with Crippen LogP contribution in [0.4, 0.5) is 10.3 Å². The number of aryl methyl sites for hydroxylation is 1. The SMILES string of the molecule is N#Cc1ccc(C(=O)Nc2nnc(NCCCc3ccccc3)s2)cc1. The van der Waals surface area contributed by atoms with Crippen LogP contribution < -0.4 is 10.6 Å². The minimum Gasteiger partial charge on any atom is -0.360 e. The topological polar surface area (TPSA) is 90.7 Å². The summed E-state index contributed by atoms with van der Waals surface area (Å²) in [5.74, 6) is -0.277. The lowest BCUT2D eigenvalue weighted by Crippen LogP contribution is -2.11. The Morgan fingerprint density at radius 1 is 1.04 bits per heavy atom. The van der Waals surface area contributed by atoms with Crippen LogP contribution in [0.25, 0.3) is 0 Å². The van der Waals surface area contributed by atoms with Crippen molar-refractivity contribution in [1.29, 1.82) is 5.26 Å². The number of hydrogen-bond acceptors (Lipinski definition) is 6. The summed E-state index contributed by atoms with van der Waals surface area (Å²) in [6, 6.07) is 18.8. The van der Waals surface area contributed by atoms with Gasteiger partial charge in [0.2, 0.25) is 10.3 Å². The van der Waals surface area contributed by atoms with E-state index in [0.717, 1.165) is 19.4 Å². The fourth-order valence-electron chi connectivity index (χ4n) is 2.34. The van der Waals surface area contributed by atoms with Crippen LogP contribution in [0.1, 0.15) is 27.9 Å². The molecule has 3 rings (SSSR count). The average Bonchev–Trinajstić information content (AvgIpc) is 3.13. The zero-order valence-corrected chi connectivity index (χ0v) is 14.8. The number of anilines is 2. The van der Waals surface area contributed by atoms with E-state index >= 15 is 0 Å². The summed E-state index contributed by atoms with van der Waals surface area (Å²) < 4.78 is 0. The van der Waals surface area contributed by atoms with Crippen LogP contribution >= 0.6 is 11.3 Å². The molecule has 1 heterocycles. The fourth-order valence-corrected chi connectivity index (χ4v) is 3.01. The molecule has 0 aliphatic rings. The molecule has 0 bridgehead atoms. The Kier molecular flexibility index (Phi) is 5.91. The van der Waals surface area contributed by atoms with Gasteiger partial charge in [-0.05, 0) is 42.7 Å². The van der Waals surface area contributed by atoms with Gasteiger partial charge in [-0.15, -0.1) is 10.2 Å². The number of hydrogen-bond donors (Lipinski definition) is 2. The van der Waals surface area contributed by atoms with Crippen molar-refractivity contribution in [3.8, 4) is 6.07 Å². The molecule has 0 aliphatic carbocycles. The van der Waals surface area contributed by atoms with Crippen LogP contribution in [-0.2, 0) is 6.42 Å². The van der Waals surface area contributed by atoms with Crippen molar-refractivity contribution in [2.45, 2.75) is 12.8 Å². The van der Waals surface area contributed by atoms with Crippen molar-refractivity contribution in [2.24, 2.45) is 0 Å². The van der Waals surface area contributed by atoms with Gasteiger partial charge in [-0.2, -0.15) is 5.26 Å². The first-order chi connectivity index (χ1) is 12.7. The number of amides is 1. The Hall–Kier alpha value is -3.24. The van der Waals surface area contributed by atoms with E-state index in [1.54, 1.807) is 24.3 Å². The zero-order valence-electron chi connectivity index (χ0n) is 14.0. The van der Waals surface area contributed by atoms with Gasteiger partial charge in [-0.3, -0.25) is 10.1 Å². The fraction of sp³-hybridized carbons (Fsp3) is 0.158. The molecule has 130 valence electrons. The normalized spacial score (nSPS) is 10.1. The number of benzene rings is 2. The van der Waals surface area contributed by atoms with E-state index in [4.69, 9.17) is 5.26 Å². The minimum absolute atomic E-state index is 0.277. The maximum absolute atomic E-state index is 12.2. The molecule has 1 amide bonds. The molecule has 0 saturated heterocycles. The molecule has 0 spiro atoms. The Bertz CT molecular complexity index is 900. The highest BCUT2D eigenvalue weighted by atomic mass is 32.1. The summed E-state index contributed by atoms with van der Waals surface area (Å²) in [4.78, 5) is 12.2. The molecule has 3 aromatic rings. The predicted molar refractivity (Wildman–Crippen MR) is 102 cm³/mol. The number of carbonyl (C=O) groups is 1. The van der Waals surface area contributed by atoms with E-state index in [-0.39, 0.29) is 5.91 Å². The molecule has 2 N–H and O–H groups in total. The molecule has 2 aromatic carbocycles. The molecule has 6 nitrogen and oxygen atoms in total. The molecule has 26 heavy (non-hydrogen) atoms. The predicted octanol–water partition coefficient (Wildman–Crippen LogP) is 3.71. The van der Waals surface area contributed by atoms with Crippen LogP contribution in [0.5, 0.6) is 0 Å². The lowest BCUT2D eigenvalue weighted by molar-refractivity contribution is 0.102. The Morgan fingerprint density at radius 3 is 2.50 bits per heavy atom. The molecule has 1 aromatic heterocycles. The number of nitrogens with zero attached hydrogens (tertiary/aromatic N) is 3. The lowest BCUT2D eigenvalue weighted by Gasteiger charge is -2.02. The third-order valence-electron chi connectivity index (χ3n) is 3.68. The quantitative estimate of drug-likeness (QED) is 0.625. The van der Waals surface area contributed by atoms with Crippen molar-refractivity contribution >= 4 is 27.5 Å². The molecule has 0 unspecified atom stereocenters. The third-order valence-corrected chi connectivity index (χ3v) is 4.48. The van der Waals surface area contributed by atoms with Crippen LogP contribution in [-0.4, -0.2) is 22.6 Å². The first-order valence-electron chi connectivity index (χ1n) is 8.17. The third kappa shape index (κ3) is 4.88. The van der Waals surface area contributed by atoms with E-state index in [2.05, 4.69) is 33.0 Å². The monoisotopic (exact) mass is 363 g/mol. The highest BCUT2D eigenvalue weighted by Gasteiger charge is 2.10. The van der Waals surface area contributed by atoms with Crippen molar-refractivity contribution in [3.05, 3.63) is 71.3 Å². The van der Waals surface area contributed by atoms with Gasteiger partial charge < -0.3 is 5.32 Å². The van der Waals surface area contributed by atoms with Crippen molar-refractivity contribution < 1.29 is 4.79 Å². The van der Waals surface area contributed by atoms with Crippen LogP contribution in [0.3, 0.4) is 0 Å². The Labute approximate surface area is 155 Å². The van der Waals surface area contributed by atoms with Gasteiger partial charge in [0.25, 0.3) is 5.91 Å². The van der Waals surface area contributed by atoms with Crippen molar-refractivity contribution in [3.63, 3.8) is 0 Å². The van der Waals surface area contributed by atoms with Gasteiger partial charge in [-0.25, -0.2) is 0 Å². The summed E-state index contributed by atoms with van der Waals surface area (Å²) >= 11 is 1.29. The first kappa shape index (κ1) is 17.6. The maximum atomic E-state index is 12.2. The molecule has 0 fully saturated rings. The standard InChI is InChI=1S/C19H17N5OS/c20-13-15-8-10-16(11-9-15)17(25)22-19-24-23-18(26-19)21-12-4-7-14-5-2-1-3-6-14/h1-3,5-6,8-11H,4,7,12H2,(H,21,23)(H,22,24,25). The van der Waals surface area contributed by atoms with Crippen LogP contribution in [0.2, 0.25) is 0 Å². The first-order valence-corrected chi connectivity index (χ1v) is 8.99. The highest BCUT2D eigenvalue weighted by molar-refractivity contribution is 7.19. The van der Waals surface area contributed by atoms with Crippen LogP contribution in [0.15, 0.2) is 54.6 Å². The second kappa shape index (κ2) is 8.74. The van der Waals surface area contributed by atoms with Crippen molar-refractivity contribution in [1.82, 2.24) is 10.2 Å². The molecule has 0 radical (unpaired) electrons. The van der Waals surface area contributed by atoms with Gasteiger partial charge in [0.15, 0.2) is 0 Å². The van der Waals surface area contributed by atoms with E-state index < -0.39 is 0 Å². The second-order valence-corrected chi connectivity index (χ2v) is 6.55. The Balaban J connectivity index is 1.46. The largest absolute Gasteiger partial charge is 0.360 e. The number of nitrogens with one attached hydrogen (secondary N) is 2. The second-order valence-electron chi connectivity index (χ2n) is 5.57. The summed E-state index contributed by atoms with van der Waals surface area (Å²) in [6.45, 7) is 0.785. The molecule has 0 saturated carbocycles. The van der Waals surface area contributed by atoms with Crippen molar-refractivity contribution in [2.75, 3.05) is 17.2 Å². The van der Waals surface area contributed by atoms with E-state index in [1.165, 1.54) is 16.9 Å². The highest BCUT2D eigenvalue weighted by Crippen LogP contribution is 2.20. The molecular formula is C19H17N5OS. The Morgan fingerprint density at radius 2 is 1.77 bits per heavy atom. The average molecular weight is 363 g/mol.